The molecule has 0 aromatic heterocycles. The van der Waals surface area contributed by atoms with E-state index in [0.717, 1.165) is 38.1 Å². The van der Waals surface area contributed by atoms with Crippen LogP contribution in [0.1, 0.15) is 35.2 Å². The number of benzene rings is 1. The van der Waals surface area contributed by atoms with Gasteiger partial charge in [-0.2, -0.15) is 13.2 Å². The Morgan fingerprint density at radius 3 is 2.20 bits per heavy atom. The van der Waals surface area contributed by atoms with Crippen molar-refractivity contribution in [1.82, 2.24) is 4.90 Å². The van der Waals surface area contributed by atoms with Crippen LogP contribution in [0.15, 0.2) is 36.5 Å². The third-order valence-corrected chi connectivity index (χ3v) is 3.32. The number of nitrogens with zero attached hydrogens (tertiary/aromatic N) is 1. The maximum Gasteiger partial charge on any atom is 0.416 e. The van der Waals surface area contributed by atoms with Crippen LogP contribution in [0.5, 0.6) is 0 Å². The first-order valence-electron chi connectivity index (χ1n) is 6.61. The van der Waals surface area contributed by atoms with Crippen LogP contribution >= 0.6 is 0 Å². The average molecular weight is 283 g/mol. The van der Waals surface area contributed by atoms with Gasteiger partial charge in [0.25, 0.3) is 0 Å². The maximum atomic E-state index is 12.4. The van der Waals surface area contributed by atoms with Gasteiger partial charge in [-0.15, -0.1) is 0 Å². The van der Waals surface area contributed by atoms with Gasteiger partial charge in [-0.05, 0) is 31.4 Å². The van der Waals surface area contributed by atoms with Crippen molar-refractivity contribution in [3.05, 3.63) is 47.7 Å². The van der Waals surface area contributed by atoms with E-state index in [-0.39, 0.29) is 11.3 Å². The van der Waals surface area contributed by atoms with Crippen molar-refractivity contribution in [1.29, 1.82) is 0 Å². The number of piperidine rings is 1. The number of ketones is 1. The zero-order chi connectivity index (χ0) is 14.6. The molecule has 0 saturated carbocycles. The maximum absolute atomic E-state index is 12.4. The lowest BCUT2D eigenvalue weighted by Crippen LogP contribution is -2.24. The van der Waals surface area contributed by atoms with Gasteiger partial charge in [-0.3, -0.25) is 4.79 Å². The summed E-state index contributed by atoms with van der Waals surface area (Å²) in [6.07, 6.45) is 2.22. The summed E-state index contributed by atoms with van der Waals surface area (Å²) in [5.74, 6) is -0.274. The number of alkyl halides is 3. The van der Waals surface area contributed by atoms with E-state index in [1.54, 1.807) is 6.20 Å². The van der Waals surface area contributed by atoms with Crippen molar-refractivity contribution in [2.24, 2.45) is 0 Å². The van der Waals surface area contributed by atoms with E-state index >= 15 is 0 Å². The number of hydrogen-bond acceptors (Lipinski definition) is 2. The van der Waals surface area contributed by atoms with Gasteiger partial charge in [0.2, 0.25) is 0 Å². The number of likely N-dealkylation sites (tertiary alicyclic amines) is 1. The molecule has 0 N–H and O–H groups in total. The number of halogens is 3. The predicted octanol–water partition coefficient (Wildman–Crippen LogP) is 3.89. The molecule has 1 saturated heterocycles. The Balaban J connectivity index is 2.00. The fourth-order valence-corrected chi connectivity index (χ4v) is 2.16. The Morgan fingerprint density at radius 1 is 1.05 bits per heavy atom. The molecule has 1 fully saturated rings. The average Bonchev–Trinajstić information content (AvgIpc) is 2.45. The normalized spacial score (nSPS) is 16.6. The van der Waals surface area contributed by atoms with Crippen molar-refractivity contribution in [3.63, 3.8) is 0 Å². The second kappa shape index (κ2) is 6.11. The Labute approximate surface area is 115 Å². The van der Waals surface area contributed by atoms with E-state index in [2.05, 4.69) is 4.90 Å². The smallest absolute Gasteiger partial charge is 0.377 e. The zero-order valence-electron chi connectivity index (χ0n) is 11.0. The monoisotopic (exact) mass is 283 g/mol. The van der Waals surface area contributed by atoms with E-state index in [4.69, 9.17) is 0 Å². The highest BCUT2D eigenvalue weighted by atomic mass is 19.4. The van der Waals surface area contributed by atoms with Gasteiger partial charge in [-0.25, -0.2) is 0 Å². The highest BCUT2D eigenvalue weighted by Crippen LogP contribution is 2.29. The van der Waals surface area contributed by atoms with Gasteiger partial charge in [-0.1, -0.05) is 12.1 Å². The van der Waals surface area contributed by atoms with Gasteiger partial charge in [0.05, 0.1) is 5.56 Å². The van der Waals surface area contributed by atoms with Gasteiger partial charge >= 0.3 is 6.18 Å². The molecule has 1 heterocycles. The molecular formula is C15H16F3NO. The summed E-state index contributed by atoms with van der Waals surface area (Å²) in [5, 5.41) is 0. The first-order chi connectivity index (χ1) is 9.47. The molecule has 0 unspecified atom stereocenters. The Morgan fingerprint density at radius 2 is 1.65 bits per heavy atom. The molecular weight excluding hydrogens is 267 g/mol. The summed E-state index contributed by atoms with van der Waals surface area (Å²) >= 11 is 0. The highest BCUT2D eigenvalue weighted by molar-refractivity contribution is 6.04. The van der Waals surface area contributed by atoms with Crippen LogP contribution in [0.25, 0.3) is 0 Å². The van der Waals surface area contributed by atoms with Gasteiger partial charge in [0.15, 0.2) is 5.78 Å². The third-order valence-electron chi connectivity index (χ3n) is 3.32. The van der Waals surface area contributed by atoms with Crippen molar-refractivity contribution >= 4 is 5.78 Å². The van der Waals surface area contributed by atoms with Crippen LogP contribution in [0.4, 0.5) is 13.2 Å². The fraction of sp³-hybridized carbons (Fsp3) is 0.400. The first-order valence-corrected chi connectivity index (χ1v) is 6.61. The molecule has 0 radical (unpaired) electrons. The number of carbonyl (C=O) groups is 1. The van der Waals surface area contributed by atoms with Crippen LogP contribution in [0.3, 0.4) is 0 Å². The van der Waals surface area contributed by atoms with Crippen LogP contribution in [-0.2, 0) is 6.18 Å². The SMILES string of the molecule is O=C(/C=C/N1CCCCC1)c1ccc(C(F)(F)F)cc1. The quantitative estimate of drug-likeness (QED) is 0.619. The molecule has 0 bridgehead atoms. The minimum Gasteiger partial charge on any atom is -0.377 e. The largest absolute Gasteiger partial charge is 0.416 e. The van der Waals surface area contributed by atoms with Crippen molar-refractivity contribution < 1.29 is 18.0 Å². The summed E-state index contributed by atoms with van der Waals surface area (Å²) in [5.41, 5.74) is -0.472. The summed E-state index contributed by atoms with van der Waals surface area (Å²) in [6.45, 7) is 1.85. The number of carbonyl (C=O) groups excluding carboxylic acids is 1. The van der Waals surface area contributed by atoms with E-state index in [0.29, 0.717) is 0 Å². The molecule has 1 aromatic carbocycles. The molecule has 0 atom stereocenters. The van der Waals surface area contributed by atoms with E-state index in [9.17, 15) is 18.0 Å². The Hall–Kier alpha value is -1.78. The minimum absolute atomic E-state index is 0.270. The van der Waals surface area contributed by atoms with E-state index in [1.807, 2.05) is 0 Å². The molecule has 2 nitrogen and oxygen atoms in total. The summed E-state index contributed by atoms with van der Waals surface area (Å²) in [4.78, 5) is 13.9. The van der Waals surface area contributed by atoms with Crippen LogP contribution in [0, 0.1) is 0 Å². The molecule has 108 valence electrons. The molecule has 1 aromatic rings. The zero-order valence-corrected chi connectivity index (χ0v) is 11.0. The number of rotatable bonds is 3. The Kier molecular flexibility index (Phi) is 4.47. The molecule has 5 heteroatoms. The van der Waals surface area contributed by atoms with E-state index < -0.39 is 11.7 Å². The molecule has 2 rings (SSSR count). The molecule has 0 amide bonds. The van der Waals surface area contributed by atoms with Crippen LogP contribution < -0.4 is 0 Å². The first kappa shape index (κ1) is 14.6. The van der Waals surface area contributed by atoms with Gasteiger partial charge < -0.3 is 4.90 Å². The number of hydrogen-bond donors (Lipinski definition) is 0. The highest BCUT2D eigenvalue weighted by Gasteiger charge is 2.30. The minimum atomic E-state index is -4.37. The lowest BCUT2D eigenvalue weighted by atomic mass is 10.1. The summed E-state index contributed by atoms with van der Waals surface area (Å²) < 4.78 is 37.2. The van der Waals surface area contributed by atoms with Crippen LogP contribution in [0.2, 0.25) is 0 Å². The topological polar surface area (TPSA) is 20.3 Å². The van der Waals surface area contributed by atoms with Crippen molar-refractivity contribution in [2.75, 3.05) is 13.1 Å². The lowest BCUT2D eigenvalue weighted by molar-refractivity contribution is -0.137. The Bertz CT molecular complexity index is 485. The number of allylic oxidation sites excluding steroid dienone is 1. The van der Waals surface area contributed by atoms with Gasteiger partial charge in [0.1, 0.15) is 0 Å². The molecule has 0 aliphatic carbocycles. The summed E-state index contributed by atoms with van der Waals surface area (Å²) in [7, 11) is 0. The molecule has 20 heavy (non-hydrogen) atoms. The fourth-order valence-electron chi connectivity index (χ4n) is 2.16. The lowest BCUT2D eigenvalue weighted by Gasteiger charge is -2.24. The van der Waals surface area contributed by atoms with Gasteiger partial charge in [0, 0.05) is 30.9 Å². The van der Waals surface area contributed by atoms with E-state index in [1.165, 1.54) is 24.6 Å². The predicted molar refractivity (Wildman–Crippen MR) is 70.3 cm³/mol. The molecule has 0 spiro atoms. The van der Waals surface area contributed by atoms with Crippen molar-refractivity contribution in [3.8, 4) is 0 Å². The van der Waals surface area contributed by atoms with Crippen LogP contribution in [-0.4, -0.2) is 23.8 Å². The third kappa shape index (κ3) is 3.85. The second-order valence-electron chi connectivity index (χ2n) is 4.85. The second-order valence-corrected chi connectivity index (χ2v) is 4.85. The standard InChI is InChI=1S/C15H16F3NO/c16-15(17,18)13-6-4-12(5-7-13)14(20)8-11-19-9-2-1-3-10-19/h4-8,11H,1-3,9-10H2/b11-8+. The van der Waals surface area contributed by atoms with Crippen molar-refractivity contribution in [2.45, 2.75) is 25.4 Å². The molecule has 1 aliphatic rings. The molecule has 1 aliphatic heterocycles. The summed E-state index contributed by atoms with van der Waals surface area (Å²) in [6, 6.07) is 4.29.